The SMILES string of the molecule is O=C(Nc1cccc(NC(=O)c2cc(-c3ccc(Cl)s3)nc3ccccc23)c1)c1cc(-c2ccc(Cl)s2)nc2ccccc12. The fourth-order valence-electron chi connectivity index (χ4n) is 4.95. The van der Waals surface area contributed by atoms with Gasteiger partial charge in [-0.15, -0.1) is 22.7 Å². The van der Waals surface area contributed by atoms with Gasteiger partial charge < -0.3 is 10.6 Å². The zero-order valence-corrected chi connectivity index (χ0v) is 25.8. The molecule has 4 aromatic heterocycles. The first-order chi connectivity index (χ1) is 21.4. The molecule has 3 aromatic carbocycles. The van der Waals surface area contributed by atoms with Crippen LogP contribution >= 0.6 is 45.9 Å². The summed E-state index contributed by atoms with van der Waals surface area (Å²) in [5.41, 5.74) is 4.76. The van der Waals surface area contributed by atoms with E-state index in [1.54, 1.807) is 36.4 Å². The van der Waals surface area contributed by atoms with E-state index in [0.717, 1.165) is 20.5 Å². The van der Waals surface area contributed by atoms with Gasteiger partial charge in [-0.25, -0.2) is 9.97 Å². The summed E-state index contributed by atoms with van der Waals surface area (Å²) in [5.74, 6) is -0.592. The van der Waals surface area contributed by atoms with Crippen LogP contribution in [0.15, 0.2) is 109 Å². The molecular weight excluding hydrogens is 631 g/mol. The van der Waals surface area contributed by atoms with E-state index in [9.17, 15) is 9.59 Å². The number of anilines is 2. The van der Waals surface area contributed by atoms with Crippen molar-refractivity contribution in [3.05, 3.63) is 129 Å². The number of amides is 2. The van der Waals surface area contributed by atoms with Crippen molar-refractivity contribution in [2.45, 2.75) is 0 Å². The number of halogens is 2. The number of hydrogen-bond donors (Lipinski definition) is 2. The Kier molecular flexibility index (Phi) is 7.57. The molecule has 4 heterocycles. The van der Waals surface area contributed by atoms with E-state index in [-0.39, 0.29) is 11.8 Å². The second-order valence-electron chi connectivity index (χ2n) is 9.84. The Balaban J connectivity index is 1.17. The summed E-state index contributed by atoms with van der Waals surface area (Å²) >= 11 is 15.1. The number of fused-ring (bicyclic) bond motifs is 2. The minimum Gasteiger partial charge on any atom is -0.322 e. The average molecular weight is 652 g/mol. The lowest BCUT2D eigenvalue weighted by Crippen LogP contribution is -2.15. The molecule has 0 bridgehead atoms. The number of carbonyl (C=O) groups excluding carboxylic acids is 2. The number of rotatable bonds is 6. The van der Waals surface area contributed by atoms with Gasteiger partial charge in [0.15, 0.2) is 0 Å². The zero-order valence-electron chi connectivity index (χ0n) is 22.7. The molecule has 44 heavy (non-hydrogen) atoms. The summed E-state index contributed by atoms with van der Waals surface area (Å²) in [7, 11) is 0. The third-order valence-corrected chi connectivity index (χ3v) is 9.46. The van der Waals surface area contributed by atoms with Crippen molar-refractivity contribution in [1.82, 2.24) is 9.97 Å². The zero-order chi connectivity index (χ0) is 30.2. The van der Waals surface area contributed by atoms with Crippen LogP contribution in [0, 0.1) is 0 Å². The van der Waals surface area contributed by atoms with Gasteiger partial charge in [0.1, 0.15) is 0 Å². The second kappa shape index (κ2) is 11.8. The molecule has 0 aliphatic carbocycles. The van der Waals surface area contributed by atoms with Crippen molar-refractivity contribution in [1.29, 1.82) is 0 Å². The highest BCUT2D eigenvalue weighted by Crippen LogP contribution is 2.34. The number of thiophene rings is 2. The third kappa shape index (κ3) is 5.68. The van der Waals surface area contributed by atoms with Crippen LogP contribution in [0.5, 0.6) is 0 Å². The van der Waals surface area contributed by atoms with Crippen molar-refractivity contribution >= 4 is 90.9 Å². The maximum Gasteiger partial charge on any atom is 0.256 e. The molecule has 2 N–H and O–H groups in total. The molecule has 214 valence electrons. The van der Waals surface area contributed by atoms with Gasteiger partial charge in [-0.2, -0.15) is 0 Å². The molecular formula is C34H20Cl2N4O2S2. The second-order valence-corrected chi connectivity index (χ2v) is 13.3. The topological polar surface area (TPSA) is 84.0 Å². The molecule has 6 nitrogen and oxygen atoms in total. The molecule has 10 heteroatoms. The monoisotopic (exact) mass is 650 g/mol. The molecule has 7 aromatic rings. The highest BCUT2D eigenvalue weighted by atomic mass is 35.5. The normalized spacial score (nSPS) is 11.1. The molecule has 0 atom stereocenters. The van der Waals surface area contributed by atoms with E-state index in [1.165, 1.54) is 22.7 Å². The van der Waals surface area contributed by atoms with Crippen molar-refractivity contribution in [2.75, 3.05) is 10.6 Å². The molecule has 0 aliphatic heterocycles. The van der Waals surface area contributed by atoms with Crippen molar-refractivity contribution in [2.24, 2.45) is 0 Å². The largest absolute Gasteiger partial charge is 0.322 e. The Labute approximate surface area is 270 Å². The summed E-state index contributed by atoms with van der Waals surface area (Å²) in [5, 5.41) is 7.44. The highest BCUT2D eigenvalue weighted by Gasteiger charge is 2.18. The van der Waals surface area contributed by atoms with Crippen LogP contribution in [0.1, 0.15) is 20.7 Å². The summed E-state index contributed by atoms with van der Waals surface area (Å²) in [4.78, 5) is 38.5. The number of nitrogens with one attached hydrogen (secondary N) is 2. The first-order valence-electron chi connectivity index (χ1n) is 13.4. The standard InChI is InChI=1S/C34H20Cl2N4O2S2/c35-31-14-12-29(43-31)27-17-23(21-8-1-3-10-25(21)39-27)33(41)37-19-6-5-7-20(16-19)38-34(42)24-18-28(30-13-15-32(36)44-30)40-26-11-4-2-9-22(24)26/h1-18H,(H,37,41)(H,38,42). The molecule has 0 fully saturated rings. The molecule has 0 spiro atoms. The fraction of sp³-hybridized carbons (Fsp3) is 0. The molecule has 2 amide bonds. The lowest BCUT2D eigenvalue weighted by atomic mass is 10.1. The van der Waals surface area contributed by atoms with Gasteiger partial charge in [0, 0.05) is 22.1 Å². The van der Waals surface area contributed by atoms with Crippen LogP contribution in [0.2, 0.25) is 8.67 Å². The summed E-state index contributed by atoms with van der Waals surface area (Å²) in [6, 6.07) is 33.0. The third-order valence-electron chi connectivity index (χ3n) is 6.95. The van der Waals surface area contributed by atoms with Crippen molar-refractivity contribution in [3.8, 4) is 21.1 Å². The Bertz CT molecular complexity index is 2070. The van der Waals surface area contributed by atoms with E-state index >= 15 is 0 Å². The molecule has 0 unspecified atom stereocenters. The van der Waals surface area contributed by atoms with E-state index < -0.39 is 0 Å². The van der Waals surface area contributed by atoms with Crippen LogP contribution in [0.4, 0.5) is 11.4 Å². The molecule has 0 radical (unpaired) electrons. The minimum atomic E-state index is -0.296. The van der Waals surface area contributed by atoms with E-state index in [0.29, 0.717) is 53.6 Å². The number of hydrogen-bond acceptors (Lipinski definition) is 6. The first-order valence-corrected chi connectivity index (χ1v) is 15.8. The Morgan fingerprint density at radius 2 is 1.00 bits per heavy atom. The lowest BCUT2D eigenvalue weighted by molar-refractivity contribution is 0.102. The minimum absolute atomic E-state index is 0.296. The van der Waals surface area contributed by atoms with Gasteiger partial charge in [0.05, 0.1) is 52.0 Å². The summed E-state index contributed by atoms with van der Waals surface area (Å²) in [6.45, 7) is 0. The van der Waals surface area contributed by atoms with Crippen molar-refractivity contribution in [3.63, 3.8) is 0 Å². The molecule has 0 saturated carbocycles. The van der Waals surface area contributed by atoms with E-state index in [4.69, 9.17) is 33.2 Å². The van der Waals surface area contributed by atoms with Crippen LogP contribution in [0.3, 0.4) is 0 Å². The van der Waals surface area contributed by atoms with E-state index in [2.05, 4.69) is 10.6 Å². The fourth-order valence-corrected chi connectivity index (χ4v) is 6.96. The smallest absolute Gasteiger partial charge is 0.256 e. The summed E-state index contributed by atoms with van der Waals surface area (Å²) < 4.78 is 1.29. The Hall–Kier alpha value is -4.60. The molecule has 0 aliphatic rings. The van der Waals surface area contributed by atoms with Crippen LogP contribution in [-0.4, -0.2) is 21.8 Å². The van der Waals surface area contributed by atoms with Crippen LogP contribution in [0.25, 0.3) is 42.9 Å². The van der Waals surface area contributed by atoms with Crippen LogP contribution < -0.4 is 10.6 Å². The Morgan fingerprint density at radius 3 is 1.43 bits per heavy atom. The molecule has 0 saturated heterocycles. The maximum atomic E-state index is 13.6. The number of para-hydroxylation sites is 2. The van der Waals surface area contributed by atoms with Gasteiger partial charge in [0.2, 0.25) is 0 Å². The van der Waals surface area contributed by atoms with Gasteiger partial charge >= 0.3 is 0 Å². The predicted molar refractivity (Wildman–Crippen MR) is 182 cm³/mol. The highest BCUT2D eigenvalue weighted by molar-refractivity contribution is 7.19. The van der Waals surface area contributed by atoms with Crippen LogP contribution in [-0.2, 0) is 0 Å². The van der Waals surface area contributed by atoms with E-state index in [1.807, 2.05) is 72.8 Å². The summed E-state index contributed by atoms with van der Waals surface area (Å²) in [6.07, 6.45) is 0. The van der Waals surface area contributed by atoms with Gasteiger partial charge in [0.25, 0.3) is 11.8 Å². The number of benzene rings is 3. The Morgan fingerprint density at radius 1 is 0.545 bits per heavy atom. The predicted octanol–water partition coefficient (Wildman–Crippen LogP) is 10.1. The number of nitrogens with zero attached hydrogens (tertiary/aromatic N) is 2. The van der Waals surface area contributed by atoms with Gasteiger partial charge in [-0.3, -0.25) is 9.59 Å². The number of pyridine rings is 2. The maximum absolute atomic E-state index is 13.6. The van der Waals surface area contributed by atoms with Crippen molar-refractivity contribution < 1.29 is 9.59 Å². The molecule has 7 rings (SSSR count). The number of carbonyl (C=O) groups is 2. The lowest BCUT2D eigenvalue weighted by Gasteiger charge is -2.12. The average Bonchev–Trinajstić information content (AvgIpc) is 3.68. The number of aromatic nitrogens is 2. The quantitative estimate of drug-likeness (QED) is 0.188. The van der Waals surface area contributed by atoms with Gasteiger partial charge in [-0.1, -0.05) is 65.7 Å². The van der Waals surface area contributed by atoms with Gasteiger partial charge in [-0.05, 0) is 66.7 Å². The first kappa shape index (κ1) is 28.2.